The zero-order valence-electron chi connectivity index (χ0n) is 21.4. The van der Waals surface area contributed by atoms with Gasteiger partial charge in [0.1, 0.15) is 18.1 Å². The number of carbonyl (C=O) groups is 6. The minimum atomic E-state index is -1.59. The van der Waals surface area contributed by atoms with Crippen molar-refractivity contribution in [1.82, 2.24) is 25.9 Å². The molecule has 0 radical (unpaired) electrons. The highest BCUT2D eigenvalue weighted by Gasteiger charge is 2.31. The summed E-state index contributed by atoms with van der Waals surface area (Å²) in [7, 11) is 0. The third-order valence-corrected chi connectivity index (χ3v) is 5.79. The summed E-state index contributed by atoms with van der Waals surface area (Å²) < 4.78 is 0. The minimum Gasteiger partial charge on any atom is -0.481 e. The van der Waals surface area contributed by atoms with E-state index in [1.807, 2.05) is 0 Å². The van der Waals surface area contributed by atoms with Crippen LogP contribution in [0.3, 0.4) is 0 Å². The van der Waals surface area contributed by atoms with Crippen molar-refractivity contribution in [2.75, 3.05) is 0 Å². The van der Waals surface area contributed by atoms with Gasteiger partial charge in [-0.05, 0) is 18.4 Å². The second-order valence-corrected chi connectivity index (χ2v) is 8.96. The molecule has 1 aromatic carbocycles. The highest BCUT2D eigenvalue weighted by atomic mass is 16.4. The molecule has 0 spiro atoms. The van der Waals surface area contributed by atoms with E-state index in [1.165, 1.54) is 12.5 Å². The molecule has 40 heavy (non-hydrogen) atoms. The van der Waals surface area contributed by atoms with Gasteiger partial charge in [0, 0.05) is 37.6 Å². The van der Waals surface area contributed by atoms with E-state index in [1.54, 1.807) is 30.3 Å². The van der Waals surface area contributed by atoms with Crippen LogP contribution in [0, 0.1) is 0 Å². The Morgan fingerprint density at radius 1 is 0.775 bits per heavy atom. The second-order valence-electron chi connectivity index (χ2n) is 8.96. The number of nitrogens with zero attached hydrogens (tertiary/aromatic N) is 1. The van der Waals surface area contributed by atoms with Crippen LogP contribution in [0.15, 0.2) is 42.9 Å². The minimum absolute atomic E-state index is 0.00117. The van der Waals surface area contributed by atoms with Crippen LogP contribution >= 0.6 is 0 Å². The molecule has 1 heterocycles. The number of benzene rings is 1. The number of aromatic amines is 1. The van der Waals surface area contributed by atoms with Gasteiger partial charge in [0.2, 0.25) is 17.7 Å². The summed E-state index contributed by atoms with van der Waals surface area (Å²) in [6, 6.07) is 3.26. The molecule has 15 heteroatoms. The molecule has 216 valence electrons. The normalized spacial score (nSPS) is 13.7. The van der Waals surface area contributed by atoms with Gasteiger partial charge >= 0.3 is 17.9 Å². The largest absolute Gasteiger partial charge is 0.481 e. The lowest BCUT2D eigenvalue weighted by atomic mass is 10.0. The number of aromatic nitrogens is 2. The van der Waals surface area contributed by atoms with Crippen LogP contribution in [0.1, 0.15) is 36.9 Å². The highest BCUT2D eigenvalue weighted by Crippen LogP contribution is 2.08. The van der Waals surface area contributed by atoms with Crippen molar-refractivity contribution in [3.8, 4) is 0 Å². The fraction of sp³-hybridized carbons (Fsp3) is 0.400. The maximum absolute atomic E-state index is 13.3. The molecule has 0 aliphatic heterocycles. The summed E-state index contributed by atoms with van der Waals surface area (Å²) in [6.45, 7) is 0. The summed E-state index contributed by atoms with van der Waals surface area (Å²) in [5, 5.41) is 34.4. The predicted molar refractivity (Wildman–Crippen MR) is 138 cm³/mol. The van der Waals surface area contributed by atoms with Crippen LogP contribution in [0.25, 0.3) is 0 Å². The lowest BCUT2D eigenvalue weighted by molar-refractivity contribution is -0.144. The van der Waals surface area contributed by atoms with E-state index in [0.717, 1.165) is 0 Å². The Morgan fingerprint density at radius 2 is 1.32 bits per heavy atom. The molecular formula is C25H32N6O9. The van der Waals surface area contributed by atoms with Crippen LogP contribution in [0.2, 0.25) is 0 Å². The van der Waals surface area contributed by atoms with Gasteiger partial charge in [0.05, 0.1) is 12.4 Å². The van der Waals surface area contributed by atoms with Crippen LogP contribution in [-0.2, 0) is 41.6 Å². The molecule has 2 aromatic rings. The molecule has 0 bridgehead atoms. The zero-order chi connectivity index (χ0) is 29.7. The maximum Gasteiger partial charge on any atom is 0.326 e. The van der Waals surface area contributed by atoms with Crippen molar-refractivity contribution >= 4 is 35.6 Å². The number of aliphatic carboxylic acids is 3. The summed E-state index contributed by atoms with van der Waals surface area (Å²) in [5.41, 5.74) is 7.25. The Bertz CT molecular complexity index is 1170. The molecular weight excluding hydrogens is 528 g/mol. The lowest BCUT2D eigenvalue weighted by Crippen LogP contribution is -2.57. The Labute approximate surface area is 228 Å². The summed E-state index contributed by atoms with van der Waals surface area (Å²) in [5.74, 6) is -6.58. The molecule has 15 nitrogen and oxygen atoms in total. The van der Waals surface area contributed by atoms with Crippen molar-refractivity contribution in [2.24, 2.45) is 5.73 Å². The van der Waals surface area contributed by atoms with Crippen molar-refractivity contribution in [1.29, 1.82) is 0 Å². The standard InChI is InChI=1S/C25H32N6O9/c26-16(11-15-12-27-13-28-15)22(36)31-19(10-14-4-2-1-3-5-14)24(38)29-17(6-8-20(32)33)23(37)30-18(25(39)40)7-9-21(34)35/h1-5,12-13,16-19H,6-11,26H2,(H,27,28)(H,29,38)(H,30,37)(H,31,36)(H,32,33)(H,34,35)(H,39,40). The summed E-state index contributed by atoms with van der Waals surface area (Å²) in [4.78, 5) is 79.2. The number of hydrogen-bond donors (Lipinski definition) is 8. The molecule has 3 amide bonds. The average molecular weight is 561 g/mol. The van der Waals surface area contributed by atoms with Gasteiger partial charge < -0.3 is 42.0 Å². The maximum atomic E-state index is 13.3. The molecule has 1 aromatic heterocycles. The number of rotatable bonds is 17. The third-order valence-electron chi connectivity index (χ3n) is 5.79. The van der Waals surface area contributed by atoms with Gasteiger partial charge in [-0.15, -0.1) is 0 Å². The molecule has 9 N–H and O–H groups in total. The Balaban J connectivity index is 2.21. The number of nitrogens with two attached hydrogens (primary N) is 1. The van der Waals surface area contributed by atoms with E-state index in [2.05, 4.69) is 25.9 Å². The number of imidazole rings is 1. The van der Waals surface area contributed by atoms with Crippen LogP contribution in [-0.4, -0.2) is 85.1 Å². The fourth-order valence-corrected chi connectivity index (χ4v) is 3.67. The van der Waals surface area contributed by atoms with Gasteiger partial charge in [-0.3, -0.25) is 24.0 Å². The van der Waals surface area contributed by atoms with E-state index in [9.17, 15) is 33.9 Å². The molecule has 0 saturated heterocycles. The first-order chi connectivity index (χ1) is 19.0. The molecule has 0 aliphatic carbocycles. The second kappa shape index (κ2) is 15.6. The first kappa shape index (κ1) is 31.4. The quantitative estimate of drug-likeness (QED) is 0.114. The van der Waals surface area contributed by atoms with E-state index < -0.39 is 85.5 Å². The van der Waals surface area contributed by atoms with Crippen molar-refractivity contribution < 1.29 is 44.1 Å². The van der Waals surface area contributed by atoms with Gasteiger partial charge in [0.25, 0.3) is 0 Å². The first-order valence-electron chi connectivity index (χ1n) is 12.3. The number of hydrogen-bond acceptors (Lipinski definition) is 8. The molecule has 4 atom stereocenters. The van der Waals surface area contributed by atoms with Gasteiger partial charge in [-0.1, -0.05) is 30.3 Å². The fourth-order valence-electron chi connectivity index (χ4n) is 3.67. The van der Waals surface area contributed by atoms with Crippen molar-refractivity contribution in [3.63, 3.8) is 0 Å². The van der Waals surface area contributed by atoms with Gasteiger partial charge in [-0.2, -0.15) is 0 Å². The zero-order valence-corrected chi connectivity index (χ0v) is 21.4. The highest BCUT2D eigenvalue weighted by molar-refractivity contribution is 5.94. The van der Waals surface area contributed by atoms with Crippen molar-refractivity contribution in [2.45, 2.75) is 62.7 Å². The van der Waals surface area contributed by atoms with E-state index in [0.29, 0.717) is 11.3 Å². The monoisotopic (exact) mass is 560 g/mol. The Morgan fingerprint density at radius 3 is 1.88 bits per heavy atom. The number of nitrogens with one attached hydrogen (secondary N) is 4. The Kier molecular flexibility index (Phi) is 12.2. The topological polar surface area (TPSA) is 254 Å². The molecule has 2 rings (SSSR count). The van der Waals surface area contributed by atoms with Gasteiger partial charge in [-0.25, -0.2) is 9.78 Å². The molecule has 0 aliphatic rings. The Hall–Kier alpha value is -4.79. The van der Waals surface area contributed by atoms with Crippen LogP contribution in [0.5, 0.6) is 0 Å². The number of carboxylic acids is 3. The average Bonchev–Trinajstić information content (AvgIpc) is 3.41. The number of carbonyl (C=O) groups excluding carboxylic acids is 3. The predicted octanol–water partition coefficient (Wildman–Crippen LogP) is -1.21. The number of H-pyrrole nitrogens is 1. The SMILES string of the molecule is NC(Cc1cnc[nH]1)C(=O)NC(Cc1ccccc1)C(=O)NC(CCC(=O)O)C(=O)NC(CCC(=O)O)C(=O)O. The van der Waals surface area contributed by atoms with Crippen molar-refractivity contribution in [3.05, 3.63) is 54.1 Å². The molecule has 0 saturated carbocycles. The lowest BCUT2D eigenvalue weighted by Gasteiger charge is -2.25. The summed E-state index contributed by atoms with van der Waals surface area (Å²) >= 11 is 0. The first-order valence-corrected chi connectivity index (χ1v) is 12.3. The van der Waals surface area contributed by atoms with E-state index in [4.69, 9.17) is 15.9 Å². The van der Waals surface area contributed by atoms with Crippen LogP contribution < -0.4 is 21.7 Å². The van der Waals surface area contributed by atoms with E-state index >= 15 is 0 Å². The number of amides is 3. The van der Waals surface area contributed by atoms with Gasteiger partial charge in [0.15, 0.2) is 0 Å². The molecule has 4 unspecified atom stereocenters. The number of carboxylic acid groups (broad SMARTS) is 3. The van der Waals surface area contributed by atoms with E-state index in [-0.39, 0.29) is 12.8 Å². The smallest absolute Gasteiger partial charge is 0.326 e. The summed E-state index contributed by atoms with van der Waals surface area (Å²) in [6.07, 6.45) is 1.09. The van der Waals surface area contributed by atoms with Crippen LogP contribution in [0.4, 0.5) is 0 Å². The molecule has 0 fully saturated rings. The third kappa shape index (κ3) is 10.9.